The van der Waals surface area contributed by atoms with E-state index >= 15 is 0 Å². The van der Waals surface area contributed by atoms with Crippen molar-refractivity contribution in [2.45, 2.75) is 13.8 Å². The summed E-state index contributed by atoms with van der Waals surface area (Å²) in [7, 11) is 1.58. The molecule has 5 heteroatoms. The van der Waals surface area contributed by atoms with Crippen molar-refractivity contribution in [2.75, 3.05) is 13.7 Å². The van der Waals surface area contributed by atoms with Crippen molar-refractivity contribution < 1.29 is 14.3 Å². The van der Waals surface area contributed by atoms with Crippen LogP contribution in [-0.4, -0.2) is 24.7 Å². The second-order valence-corrected chi connectivity index (χ2v) is 4.48. The molecule has 0 radical (unpaired) electrons. The molecule has 0 unspecified atom stereocenters. The molecule has 110 valence electrons. The highest BCUT2D eigenvalue weighted by Gasteiger charge is 2.17. The minimum absolute atomic E-state index is 0.00766. The van der Waals surface area contributed by atoms with E-state index in [4.69, 9.17) is 9.47 Å². The first-order chi connectivity index (χ1) is 10.1. The number of aromatic nitrogens is 1. The van der Waals surface area contributed by atoms with Gasteiger partial charge in [-0.2, -0.15) is 0 Å². The van der Waals surface area contributed by atoms with E-state index < -0.39 is 5.97 Å². The molecule has 0 aliphatic heterocycles. The van der Waals surface area contributed by atoms with Crippen molar-refractivity contribution in [1.82, 2.24) is 4.98 Å². The van der Waals surface area contributed by atoms with E-state index in [1.807, 2.05) is 0 Å². The van der Waals surface area contributed by atoms with E-state index in [-0.39, 0.29) is 17.6 Å². The van der Waals surface area contributed by atoms with Crippen LogP contribution in [0.1, 0.15) is 23.0 Å². The zero-order valence-electron chi connectivity index (χ0n) is 12.2. The Morgan fingerprint density at radius 2 is 1.90 bits per heavy atom. The number of aromatic amines is 1. The maximum Gasteiger partial charge on any atom is 0.343 e. The molecule has 0 fully saturated rings. The normalized spacial score (nSPS) is 10.2. The Balaban J connectivity index is 2.54. The fraction of sp³-hybridized carbons (Fsp3) is 0.250. The quantitative estimate of drug-likeness (QED) is 0.877. The van der Waals surface area contributed by atoms with Crippen molar-refractivity contribution in [3.8, 4) is 16.9 Å². The monoisotopic (exact) mass is 287 g/mol. The predicted molar refractivity (Wildman–Crippen MR) is 79.7 cm³/mol. The van der Waals surface area contributed by atoms with Gasteiger partial charge in [-0.05, 0) is 31.5 Å². The molecule has 0 saturated carbocycles. The van der Waals surface area contributed by atoms with Gasteiger partial charge in [0.15, 0.2) is 0 Å². The first-order valence-electron chi connectivity index (χ1n) is 6.62. The van der Waals surface area contributed by atoms with Gasteiger partial charge in [0.05, 0.1) is 13.7 Å². The highest BCUT2D eigenvalue weighted by Crippen LogP contribution is 2.22. The Bertz CT molecular complexity index is 701. The van der Waals surface area contributed by atoms with Gasteiger partial charge >= 0.3 is 5.97 Å². The fourth-order valence-electron chi connectivity index (χ4n) is 2.09. The van der Waals surface area contributed by atoms with Gasteiger partial charge in [-0.1, -0.05) is 12.1 Å². The smallest absolute Gasteiger partial charge is 0.343 e. The van der Waals surface area contributed by atoms with Gasteiger partial charge in [0.25, 0.3) is 0 Å². The summed E-state index contributed by atoms with van der Waals surface area (Å²) in [6.45, 7) is 3.71. The molecule has 0 saturated heterocycles. The minimum Gasteiger partial charge on any atom is -0.497 e. The lowest BCUT2D eigenvalue weighted by atomic mass is 10.0. The molecule has 21 heavy (non-hydrogen) atoms. The zero-order valence-corrected chi connectivity index (χ0v) is 12.2. The van der Waals surface area contributed by atoms with Gasteiger partial charge in [-0.25, -0.2) is 4.79 Å². The Morgan fingerprint density at radius 1 is 1.24 bits per heavy atom. The van der Waals surface area contributed by atoms with Gasteiger partial charge in [-0.15, -0.1) is 0 Å². The highest BCUT2D eigenvalue weighted by atomic mass is 16.5. The van der Waals surface area contributed by atoms with Gasteiger partial charge in [-0.3, -0.25) is 4.79 Å². The molecule has 2 aromatic rings. The van der Waals surface area contributed by atoms with E-state index in [1.165, 1.54) is 6.20 Å². The summed E-state index contributed by atoms with van der Waals surface area (Å²) in [5.41, 5.74) is 1.55. The molecule has 5 nitrogen and oxygen atoms in total. The van der Waals surface area contributed by atoms with Crippen LogP contribution < -0.4 is 10.2 Å². The minimum atomic E-state index is -0.617. The first-order valence-corrected chi connectivity index (χ1v) is 6.62. The van der Waals surface area contributed by atoms with E-state index in [1.54, 1.807) is 45.2 Å². The number of aryl methyl sites for hydroxylation is 1. The van der Waals surface area contributed by atoms with Crippen LogP contribution in [0.25, 0.3) is 11.1 Å². The Morgan fingerprint density at radius 3 is 2.48 bits per heavy atom. The molecule has 0 aliphatic carbocycles. The van der Waals surface area contributed by atoms with Crippen LogP contribution in [0.3, 0.4) is 0 Å². The van der Waals surface area contributed by atoms with Crippen LogP contribution >= 0.6 is 0 Å². The summed E-state index contributed by atoms with van der Waals surface area (Å²) in [5, 5.41) is 0. The standard InChI is InChI=1S/C16H17NO4/c1-4-21-16(19)13-9-17-10(2)14(15(13)18)11-5-7-12(20-3)8-6-11/h5-9H,4H2,1-3H3,(H,17,18). The number of benzene rings is 1. The third-order valence-corrected chi connectivity index (χ3v) is 3.15. The van der Waals surface area contributed by atoms with Crippen LogP contribution in [0.5, 0.6) is 5.75 Å². The van der Waals surface area contributed by atoms with Gasteiger partial charge in [0.1, 0.15) is 11.3 Å². The molecular weight excluding hydrogens is 270 g/mol. The molecular formula is C16H17NO4. The number of rotatable bonds is 4. The summed E-state index contributed by atoms with van der Waals surface area (Å²) >= 11 is 0. The number of esters is 1. The first kappa shape index (κ1) is 14.8. The van der Waals surface area contributed by atoms with Gasteiger partial charge in [0.2, 0.25) is 5.43 Å². The van der Waals surface area contributed by atoms with Crippen molar-refractivity contribution in [3.63, 3.8) is 0 Å². The average molecular weight is 287 g/mol. The van der Waals surface area contributed by atoms with Crippen LogP contribution in [0.2, 0.25) is 0 Å². The van der Waals surface area contributed by atoms with Crippen LogP contribution in [0.4, 0.5) is 0 Å². The van der Waals surface area contributed by atoms with E-state index in [9.17, 15) is 9.59 Å². The lowest BCUT2D eigenvalue weighted by Gasteiger charge is -2.09. The van der Waals surface area contributed by atoms with Crippen molar-refractivity contribution in [2.24, 2.45) is 0 Å². The van der Waals surface area contributed by atoms with Crippen molar-refractivity contribution >= 4 is 5.97 Å². The predicted octanol–water partition coefficient (Wildman–Crippen LogP) is 2.54. The van der Waals surface area contributed by atoms with E-state index in [0.717, 1.165) is 5.56 Å². The van der Waals surface area contributed by atoms with Gasteiger partial charge < -0.3 is 14.5 Å². The zero-order chi connectivity index (χ0) is 15.4. The number of carbonyl (C=O) groups is 1. The van der Waals surface area contributed by atoms with Crippen LogP contribution in [-0.2, 0) is 4.74 Å². The fourth-order valence-corrected chi connectivity index (χ4v) is 2.09. The molecule has 0 atom stereocenters. The number of H-pyrrole nitrogens is 1. The molecule has 1 heterocycles. The Labute approximate surface area is 122 Å². The average Bonchev–Trinajstić information content (AvgIpc) is 2.48. The van der Waals surface area contributed by atoms with Crippen LogP contribution in [0, 0.1) is 6.92 Å². The maximum absolute atomic E-state index is 12.5. The Hall–Kier alpha value is -2.56. The molecule has 1 aromatic heterocycles. The third kappa shape index (κ3) is 2.97. The Kier molecular flexibility index (Phi) is 4.42. The molecule has 0 bridgehead atoms. The number of nitrogens with one attached hydrogen (secondary N) is 1. The van der Waals surface area contributed by atoms with Crippen molar-refractivity contribution in [1.29, 1.82) is 0 Å². The number of hydrogen-bond donors (Lipinski definition) is 1. The number of ether oxygens (including phenoxy) is 2. The highest BCUT2D eigenvalue weighted by molar-refractivity contribution is 5.90. The third-order valence-electron chi connectivity index (χ3n) is 3.15. The topological polar surface area (TPSA) is 68.4 Å². The number of pyridine rings is 1. The summed E-state index contributed by atoms with van der Waals surface area (Å²) in [4.78, 5) is 27.3. The molecule has 2 rings (SSSR count). The number of carbonyl (C=O) groups excluding carboxylic acids is 1. The molecule has 0 spiro atoms. The summed E-state index contributed by atoms with van der Waals surface area (Å²) < 4.78 is 10.00. The lowest BCUT2D eigenvalue weighted by molar-refractivity contribution is 0.0524. The summed E-state index contributed by atoms with van der Waals surface area (Å²) in [6, 6.07) is 7.10. The molecule has 1 N–H and O–H groups in total. The summed E-state index contributed by atoms with van der Waals surface area (Å²) in [5.74, 6) is 0.0860. The molecule has 1 aromatic carbocycles. The largest absolute Gasteiger partial charge is 0.497 e. The van der Waals surface area contributed by atoms with Gasteiger partial charge in [0, 0.05) is 17.5 Å². The van der Waals surface area contributed by atoms with Crippen molar-refractivity contribution in [3.05, 3.63) is 51.9 Å². The van der Waals surface area contributed by atoms with Crippen LogP contribution in [0.15, 0.2) is 35.3 Å². The SMILES string of the molecule is CCOC(=O)c1c[nH]c(C)c(-c2ccc(OC)cc2)c1=O. The lowest BCUT2D eigenvalue weighted by Crippen LogP contribution is -2.20. The number of hydrogen-bond acceptors (Lipinski definition) is 4. The summed E-state index contributed by atoms with van der Waals surface area (Å²) in [6.07, 6.45) is 1.39. The van der Waals surface area contributed by atoms with E-state index in [0.29, 0.717) is 17.0 Å². The molecule has 0 amide bonds. The second-order valence-electron chi connectivity index (χ2n) is 4.48. The maximum atomic E-state index is 12.5. The van der Waals surface area contributed by atoms with E-state index in [2.05, 4.69) is 4.98 Å². The molecule has 0 aliphatic rings. The second kappa shape index (κ2) is 6.26. The number of methoxy groups -OCH3 is 1.